The molecule has 1 atom stereocenters. The molecule has 0 fully saturated rings. The average molecular weight is 488 g/mol. The molecule has 1 N–H and O–H groups in total. The second-order valence-corrected chi connectivity index (χ2v) is 8.74. The van der Waals surface area contributed by atoms with Gasteiger partial charge in [-0.3, -0.25) is 4.79 Å². The van der Waals surface area contributed by atoms with Gasteiger partial charge in [-0.15, -0.1) is 0 Å². The van der Waals surface area contributed by atoms with Crippen LogP contribution in [0.2, 0.25) is 0 Å². The Balaban J connectivity index is 1.05. The van der Waals surface area contributed by atoms with Crippen molar-refractivity contribution in [2.24, 2.45) is 0 Å². The maximum Gasteiger partial charge on any atom is 0.323 e. The largest absolute Gasteiger partial charge is 0.494 e. The van der Waals surface area contributed by atoms with E-state index in [0.29, 0.717) is 25.6 Å². The number of benzene rings is 3. The monoisotopic (exact) mass is 487 g/mol. The number of hydrogen-bond donors (Lipinski definition) is 1. The first-order chi connectivity index (χ1) is 17.7. The van der Waals surface area contributed by atoms with Gasteiger partial charge in [0.05, 0.1) is 18.7 Å². The maximum absolute atomic E-state index is 11.4. The molecule has 2 heterocycles. The summed E-state index contributed by atoms with van der Waals surface area (Å²) in [6.45, 7) is 1.03. The zero-order valence-electron chi connectivity index (χ0n) is 20.0. The molecule has 0 aliphatic carbocycles. The van der Waals surface area contributed by atoms with E-state index in [2.05, 4.69) is 0 Å². The number of ether oxygens (including phenoxy) is 4. The Kier molecular flexibility index (Phi) is 7.26. The Morgan fingerprint density at radius 3 is 2.44 bits per heavy atom. The van der Waals surface area contributed by atoms with E-state index in [4.69, 9.17) is 18.9 Å². The van der Waals surface area contributed by atoms with Gasteiger partial charge >= 0.3 is 11.9 Å². The SMILES string of the molecule is O=C(O)Cn1c2ccccc2c2ccc(OCCCCCOC3=COC(Cc4ccccc4)O3)cc21. The van der Waals surface area contributed by atoms with Gasteiger partial charge in [-0.2, -0.15) is 0 Å². The van der Waals surface area contributed by atoms with E-state index in [9.17, 15) is 9.90 Å². The molecule has 4 aromatic rings. The number of aromatic nitrogens is 1. The van der Waals surface area contributed by atoms with E-state index in [1.165, 1.54) is 6.26 Å². The summed E-state index contributed by atoms with van der Waals surface area (Å²) in [5, 5.41) is 11.4. The standard InChI is InChI=1S/C29H29NO6/c31-27(32)19-30-25-12-6-5-11-23(25)24-14-13-22(18-26(24)30)33-15-7-2-8-16-34-29-20-35-28(36-29)17-21-9-3-1-4-10-21/h1,3-6,9-14,18,20,28H,2,7-8,15-17,19H2,(H,31,32). The lowest BCUT2D eigenvalue weighted by Crippen LogP contribution is -2.12. The van der Waals surface area contributed by atoms with E-state index >= 15 is 0 Å². The molecule has 7 nitrogen and oxygen atoms in total. The van der Waals surface area contributed by atoms with Gasteiger partial charge in [-0.1, -0.05) is 48.5 Å². The molecule has 1 unspecified atom stereocenters. The third-order valence-corrected chi connectivity index (χ3v) is 6.15. The van der Waals surface area contributed by atoms with Gasteiger partial charge in [0.1, 0.15) is 12.3 Å². The fourth-order valence-electron chi connectivity index (χ4n) is 4.45. The Hall–Kier alpha value is -4.13. The quantitative estimate of drug-likeness (QED) is 0.252. The summed E-state index contributed by atoms with van der Waals surface area (Å²) in [5.74, 6) is 0.291. The second kappa shape index (κ2) is 11.1. The number of rotatable bonds is 12. The zero-order chi connectivity index (χ0) is 24.7. The summed E-state index contributed by atoms with van der Waals surface area (Å²) in [7, 11) is 0. The predicted molar refractivity (Wildman–Crippen MR) is 137 cm³/mol. The van der Waals surface area contributed by atoms with E-state index in [0.717, 1.165) is 52.4 Å². The minimum Gasteiger partial charge on any atom is -0.494 e. The van der Waals surface area contributed by atoms with Crippen LogP contribution < -0.4 is 4.74 Å². The first-order valence-electron chi connectivity index (χ1n) is 12.2. The second-order valence-electron chi connectivity index (χ2n) is 8.74. The van der Waals surface area contributed by atoms with Crippen LogP contribution in [-0.4, -0.2) is 35.1 Å². The Morgan fingerprint density at radius 2 is 1.61 bits per heavy atom. The van der Waals surface area contributed by atoms with Gasteiger partial charge in [0, 0.05) is 28.8 Å². The third kappa shape index (κ3) is 5.57. The molecule has 3 aromatic carbocycles. The van der Waals surface area contributed by atoms with Crippen molar-refractivity contribution in [1.29, 1.82) is 0 Å². The van der Waals surface area contributed by atoms with Crippen molar-refractivity contribution in [1.82, 2.24) is 4.57 Å². The van der Waals surface area contributed by atoms with E-state index in [1.807, 2.05) is 77.4 Å². The zero-order valence-corrected chi connectivity index (χ0v) is 20.0. The Labute approximate surface area is 209 Å². The smallest absolute Gasteiger partial charge is 0.323 e. The van der Waals surface area contributed by atoms with Crippen LogP contribution >= 0.6 is 0 Å². The molecule has 0 bridgehead atoms. The summed E-state index contributed by atoms with van der Waals surface area (Å²) in [5.41, 5.74) is 2.92. The third-order valence-electron chi connectivity index (χ3n) is 6.15. The number of hydrogen-bond acceptors (Lipinski definition) is 5. The molecule has 186 valence electrons. The highest BCUT2D eigenvalue weighted by Gasteiger charge is 2.21. The number of unbranched alkanes of at least 4 members (excludes halogenated alkanes) is 2. The predicted octanol–water partition coefficient (Wildman–Crippen LogP) is 5.86. The van der Waals surface area contributed by atoms with Crippen LogP contribution in [0.3, 0.4) is 0 Å². The van der Waals surface area contributed by atoms with Crippen molar-refractivity contribution in [3.8, 4) is 5.75 Å². The molecule has 0 radical (unpaired) electrons. The van der Waals surface area contributed by atoms with Gasteiger partial charge in [0.2, 0.25) is 6.29 Å². The summed E-state index contributed by atoms with van der Waals surface area (Å²) in [6, 6.07) is 23.8. The fraction of sp³-hybridized carbons (Fsp3) is 0.276. The highest BCUT2D eigenvalue weighted by molar-refractivity contribution is 6.08. The van der Waals surface area contributed by atoms with Gasteiger partial charge in [-0.25, -0.2) is 0 Å². The van der Waals surface area contributed by atoms with Crippen molar-refractivity contribution in [3.05, 3.63) is 90.6 Å². The van der Waals surface area contributed by atoms with Crippen LogP contribution in [0.5, 0.6) is 5.75 Å². The number of para-hydroxylation sites is 1. The normalized spacial score (nSPS) is 14.9. The molecular formula is C29H29NO6. The summed E-state index contributed by atoms with van der Waals surface area (Å²) in [6.07, 6.45) is 4.57. The van der Waals surface area contributed by atoms with Gasteiger partial charge in [0.25, 0.3) is 0 Å². The molecule has 5 rings (SSSR count). The summed E-state index contributed by atoms with van der Waals surface area (Å²) < 4.78 is 24.7. The van der Waals surface area contributed by atoms with Crippen LogP contribution in [0.4, 0.5) is 0 Å². The summed E-state index contributed by atoms with van der Waals surface area (Å²) >= 11 is 0. The minimum atomic E-state index is -0.872. The van der Waals surface area contributed by atoms with Crippen LogP contribution in [-0.2, 0) is 32.0 Å². The van der Waals surface area contributed by atoms with Crippen molar-refractivity contribution >= 4 is 27.8 Å². The molecular weight excluding hydrogens is 458 g/mol. The molecule has 0 amide bonds. The summed E-state index contributed by atoms with van der Waals surface area (Å²) in [4.78, 5) is 11.4. The Bertz CT molecular complexity index is 1360. The molecule has 0 spiro atoms. The molecule has 0 saturated heterocycles. The molecule has 1 aromatic heterocycles. The van der Waals surface area contributed by atoms with E-state index < -0.39 is 5.97 Å². The first kappa shape index (κ1) is 23.6. The highest BCUT2D eigenvalue weighted by Crippen LogP contribution is 2.31. The molecule has 1 aliphatic heterocycles. The average Bonchev–Trinajstić information content (AvgIpc) is 3.46. The molecule has 36 heavy (non-hydrogen) atoms. The van der Waals surface area contributed by atoms with E-state index in [1.54, 1.807) is 0 Å². The molecule has 1 aliphatic rings. The lowest BCUT2D eigenvalue weighted by Gasteiger charge is -2.12. The van der Waals surface area contributed by atoms with Crippen LogP contribution in [0.25, 0.3) is 21.8 Å². The number of aliphatic carboxylic acids is 1. The van der Waals surface area contributed by atoms with Crippen LogP contribution in [0, 0.1) is 0 Å². The van der Waals surface area contributed by atoms with Crippen molar-refractivity contribution in [2.75, 3.05) is 13.2 Å². The topological polar surface area (TPSA) is 79.2 Å². The van der Waals surface area contributed by atoms with Crippen molar-refractivity contribution in [2.45, 2.75) is 38.5 Å². The van der Waals surface area contributed by atoms with Crippen LogP contribution in [0.15, 0.2) is 85.0 Å². The number of carboxylic acid groups (broad SMARTS) is 1. The van der Waals surface area contributed by atoms with Crippen LogP contribution in [0.1, 0.15) is 24.8 Å². The number of carboxylic acids is 1. The van der Waals surface area contributed by atoms with Crippen molar-refractivity contribution < 1.29 is 28.8 Å². The van der Waals surface area contributed by atoms with Gasteiger partial charge in [0.15, 0.2) is 6.26 Å². The molecule has 0 saturated carbocycles. The maximum atomic E-state index is 11.4. The molecule has 7 heteroatoms. The first-order valence-corrected chi connectivity index (χ1v) is 12.2. The van der Waals surface area contributed by atoms with Gasteiger partial charge < -0.3 is 28.6 Å². The lowest BCUT2D eigenvalue weighted by molar-refractivity contribution is -0.137. The number of carbonyl (C=O) groups is 1. The van der Waals surface area contributed by atoms with Crippen molar-refractivity contribution in [3.63, 3.8) is 0 Å². The van der Waals surface area contributed by atoms with E-state index in [-0.39, 0.29) is 12.8 Å². The Morgan fingerprint density at radius 1 is 0.861 bits per heavy atom. The number of nitrogens with zero attached hydrogens (tertiary/aromatic N) is 1. The lowest BCUT2D eigenvalue weighted by atomic mass is 10.1. The highest BCUT2D eigenvalue weighted by atomic mass is 16.8. The minimum absolute atomic E-state index is 0.0916. The van der Waals surface area contributed by atoms with Gasteiger partial charge in [-0.05, 0) is 43.0 Å². The fourth-order valence-corrected chi connectivity index (χ4v) is 4.45. The number of fused-ring (bicyclic) bond motifs is 3.